The van der Waals surface area contributed by atoms with E-state index in [0.717, 1.165) is 56.3 Å². The van der Waals surface area contributed by atoms with Crippen LogP contribution in [0, 0.1) is 0 Å². The Morgan fingerprint density at radius 1 is 1.12 bits per heavy atom. The van der Waals surface area contributed by atoms with Gasteiger partial charge in [-0.15, -0.1) is 0 Å². The number of anilines is 1. The van der Waals surface area contributed by atoms with Crippen LogP contribution in [0.4, 0.5) is 5.69 Å². The van der Waals surface area contributed by atoms with Gasteiger partial charge in [0.25, 0.3) is 5.91 Å². The summed E-state index contributed by atoms with van der Waals surface area (Å²) in [5.41, 5.74) is 1.89. The lowest BCUT2D eigenvalue weighted by molar-refractivity contribution is -0.148. The summed E-state index contributed by atoms with van der Waals surface area (Å²) in [7, 11) is 0. The van der Waals surface area contributed by atoms with Crippen molar-refractivity contribution in [2.24, 2.45) is 0 Å². The number of hydrogen-bond donors (Lipinski definition) is 1. The topological polar surface area (TPSA) is 78.5 Å². The van der Waals surface area contributed by atoms with Crippen LogP contribution in [0.1, 0.15) is 44.2 Å². The second kappa shape index (κ2) is 6.55. The molecule has 4 rings (SSSR count). The monoisotopic (exact) mass is 332 g/mol. The minimum Gasteiger partial charge on any atom is -0.368 e. The molecule has 130 valence electrons. The van der Waals surface area contributed by atoms with Crippen molar-refractivity contribution in [3.63, 3.8) is 0 Å². The molecule has 0 spiro atoms. The van der Waals surface area contributed by atoms with Crippen molar-refractivity contribution in [3.8, 4) is 0 Å². The van der Waals surface area contributed by atoms with Crippen molar-refractivity contribution in [1.29, 1.82) is 0 Å². The summed E-state index contributed by atoms with van der Waals surface area (Å²) in [5.74, 6) is 0.0263. The summed E-state index contributed by atoms with van der Waals surface area (Å²) in [6.45, 7) is 2.00. The fraction of sp³-hybridized carbons (Fsp3) is 0.706. The quantitative estimate of drug-likeness (QED) is 0.884. The number of ether oxygens (including phenoxy) is 1. The van der Waals surface area contributed by atoms with E-state index in [2.05, 4.69) is 10.2 Å². The standard InChI is InChI=1S/C17H24N4O3/c22-16(21-9-3-5-12-14(21)11-18-19-12)13-6-1-2-8-20(13)17(23)15-7-4-10-24-15/h11,13,15H,1-10H2,(H,18,19). The normalized spacial score (nSPS) is 27.2. The highest BCUT2D eigenvalue weighted by Crippen LogP contribution is 2.29. The predicted octanol–water partition coefficient (Wildman–Crippen LogP) is 1.25. The second-order valence-electron chi connectivity index (χ2n) is 6.87. The van der Waals surface area contributed by atoms with Gasteiger partial charge >= 0.3 is 0 Å². The lowest BCUT2D eigenvalue weighted by Crippen LogP contribution is -2.56. The summed E-state index contributed by atoms with van der Waals surface area (Å²) in [4.78, 5) is 29.6. The molecule has 24 heavy (non-hydrogen) atoms. The average Bonchev–Trinajstić information content (AvgIpc) is 3.31. The smallest absolute Gasteiger partial charge is 0.252 e. The lowest BCUT2D eigenvalue weighted by atomic mass is 9.98. The van der Waals surface area contributed by atoms with E-state index in [1.165, 1.54) is 0 Å². The van der Waals surface area contributed by atoms with Crippen molar-refractivity contribution in [2.45, 2.75) is 57.1 Å². The first kappa shape index (κ1) is 15.6. The number of piperidine rings is 1. The molecule has 2 unspecified atom stereocenters. The zero-order chi connectivity index (χ0) is 16.5. The lowest BCUT2D eigenvalue weighted by Gasteiger charge is -2.39. The Bertz CT molecular complexity index is 623. The first-order chi connectivity index (χ1) is 11.8. The molecule has 2 saturated heterocycles. The number of nitrogens with one attached hydrogen (secondary N) is 1. The Morgan fingerprint density at radius 2 is 2.04 bits per heavy atom. The van der Waals surface area contributed by atoms with Crippen LogP contribution in [-0.4, -0.2) is 58.8 Å². The molecule has 0 bridgehead atoms. The number of likely N-dealkylation sites (tertiary alicyclic amines) is 1. The summed E-state index contributed by atoms with van der Waals surface area (Å²) < 4.78 is 5.55. The van der Waals surface area contributed by atoms with Gasteiger partial charge in [-0.25, -0.2) is 0 Å². The van der Waals surface area contributed by atoms with Gasteiger partial charge in [-0.1, -0.05) is 0 Å². The van der Waals surface area contributed by atoms with Gasteiger partial charge in [0.15, 0.2) is 0 Å². The molecule has 0 aliphatic carbocycles. The van der Waals surface area contributed by atoms with E-state index in [4.69, 9.17) is 4.74 Å². The Balaban J connectivity index is 1.55. The number of aromatic nitrogens is 2. The Labute approximate surface area is 141 Å². The number of aromatic amines is 1. The molecule has 2 atom stereocenters. The molecule has 0 radical (unpaired) electrons. The molecule has 1 aromatic heterocycles. The molecular weight excluding hydrogens is 308 g/mol. The number of H-pyrrole nitrogens is 1. The maximum Gasteiger partial charge on any atom is 0.252 e. The number of aryl methyl sites for hydroxylation is 1. The zero-order valence-corrected chi connectivity index (χ0v) is 13.9. The van der Waals surface area contributed by atoms with Crippen molar-refractivity contribution in [2.75, 3.05) is 24.6 Å². The number of carbonyl (C=O) groups excluding carboxylic acids is 2. The molecule has 2 fully saturated rings. The highest BCUT2D eigenvalue weighted by Gasteiger charge is 2.39. The average molecular weight is 332 g/mol. The first-order valence-electron chi connectivity index (χ1n) is 9.01. The Morgan fingerprint density at radius 3 is 2.88 bits per heavy atom. The predicted molar refractivity (Wildman–Crippen MR) is 87.6 cm³/mol. The minimum atomic E-state index is -0.365. The highest BCUT2D eigenvalue weighted by molar-refractivity contribution is 6.00. The summed E-state index contributed by atoms with van der Waals surface area (Å²) in [5, 5.41) is 7.06. The molecule has 2 amide bonds. The Hall–Kier alpha value is -1.89. The largest absolute Gasteiger partial charge is 0.368 e. The van der Waals surface area contributed by atoms with Gasteiger partial charge < -0.3 is 14.5 Å². The molecule has 4 heterocycles. The van der Waals surface area contributed by atoms with E-state index in [1.807, 2.05) is 4.90 Å². The fourth-order valence-electron chi connectivity index (χ4n) is 4.08. The SMILES string of the molecule is O=C(C1CCCCN1C(=O)C1CCCO1)N1CCCc2[nH]ncc21. The molecule has 3 aliphatic rings. The van der Waals surface area contributed by atoms with Crippen LogP contribution in [0.5, 0.6) is 0 Å². The van der Waals surface area contributed by atoms with Crippen LogP contribution in [0.3, 0.4) is 0 Å². The third kappa shape index (κ3) is 2.70. The highest BCUT2D eigenvalue weighted by atomic mass is 16.5. The summed E-state index contributed by atoms with van der Waals surface area (Å²) in [6.07, 6.45) is 7.58. The van der Waals surface area contributed by atoms with Gasteiger partial charge in [0, 0.05) is 19.7 Å². The van der Waals surface area contributed by atoms with E-state index in [1.54, 1.807) is 11.1 Å². The van der Waals surface area contributed by atoms with E-state index in [-0.39, 0.29) is 24.0 Å². The van der Waals surface area contributed by atoms with Gasteiger partial charge in [-0.2, -0.15) is 5.10 Å². The Kier molecular flexibility index (Phi) is 4.26. The van der Waals surface area contributed by atoms with E-state index in [0.29, 0.717) is 19.7 Å². The van der Waals surface area contributed by atoms with Crippen LogP contribution >= 0.6 is 0 Å². The molecule has 0 aromatic carbocycles. The molecule has 1 aromatic rings. The maximum atomic E-state index is 13.2. The van der Waals surface area contributed by atoms with Crippen LogP contribution in [0.25, 0.3) is 0 Å². The number of nitrogens with zero attached hydrogens (tertiary/aromatic N) is 3. The van der Waals surface area contributed by atoms with Gasteiger partial charge in [-0.05, 0) is 44.9 Å². The van der Waals surface area contributed by atoms with Gasteiger partial charge in [-0.3, -0.25) is 14.7 Å². The van der Waals surface area contributed by atoms with Crippen LogP contribution < -0.4 is 4.90 Å². The summed E-state index contributed by atoms with van der Waals surface area (Å²) >= 11 is 0. The molecule has 7 heteroatoms. The van der Waals surface area contributed by atoms with E-state index >= 15 is 0 Å². The zero-order valence-electron chi connectivity index (χ0n) is 13.9. The minimum absolute atomic E-state index is 0.00465. The van der Waals surface area contributed by atoms with Crippen LogP contribution in [0.15, 0.2) is 6.20 Å². The number of fused-ring (bicyclic) bond motifs is 1. The van der Waals surface area contributed by atoms with Crippen LogP contribution in [0.2, 0.25) is 0 Å². The van der Waals surface area contributed by atoms with Gasteiger partial charge in [0.1, 0.15) is 12.1 Å². The molecular formula is C17H24N4O3. The number of hydrogen-bond acceptors (Lipinski definition) is 4. The number of amides is 2. The molecule has 0 saturated carbocycles. The first-order valence-corrected chi connectivity index (χ1v) is 9.01. The van der Waals surface area contributed by atoms with Gasteiger partial charge in [0.2, 0.25) is 5.91 Å². The van der Waals surface area contributed by atoms with Crippen molar-refractivity contribution < 1.29 is 14.3 Å². The summed E-state index contributed by atoms with van der Waals surface area (Å²) in [6, 6.07) is -0.365. The third-order valence-corrected chi connectivity index (χ3v) is 5.34. The molecule has 1 N–H and O–H groups in total. The van der Waals surface area contributed by atoms with Crippen molar-refractivity contribution >= 4 is 17.5 Å². The third-order valence-electron chi connectivity index (χ3n) is 5.34. The number of carbonyl (C=O) groups is 2. The molecule has 7 nitrogen and oxygen atoms in total. The molecule has 3 aliphatic heterocycles. The fourth-order valence-corrected chi connectivity index (χ4v) is 4.08. The maximum absolute atomic E-state index is 13.2. The van der Waals surface area contributed by atoms with E-state index < -0.39 is 0 Å². The van der Waals surface area contributed by atoms with Crippen molar-refractivity contribution in [3.05, 3.63) is 11.9 Å². The van der Waals surface area contributed by atoms with Crippen LogP contribution in [-0.2, 0) is 20.7 Å². The van der Waals surface area contributed by atoms with Crippen molar-refractivity contribution in [1.82, 2.24) is 15.1 Å². The second-order valence-corrected chi connectivity index (χ2v) is 6.87. The van der Waals surface area contributed by atoms with E-state index in [9.17, 15) is 9.59 Å². The van der Waals surface area contributed by atoms with Gasteiger partial charge in [0.05, 0.1) is 17.6 Å². The number of rotatable bonds is 2.